The average molecular weight is 320 g/mol. The van der Waals surface area contributed by atoms with Crippen LogP contribution in [0.1, 0.15) is 28.4 Å². The third kappa shape index (κ3) is 3.34. The molecular weight excluding hydrogens is 305 g/mol. The molecule has 1 fully saturated rings. The maximum Gasteiger partial charge on any atom is 0.416 e. The molecular formula is C14H15F3OS2. The number of alkyl halides is 3. The van der Waals surface area contributed by atoms with Gasteiger partial charge in [-0.3, -0.25) is 4.79 Å². The van der Waals surface area contributed by atoms with Gasteiger partial charge in [0.1, 0.15) is 0 Å². The molecule has 2 rings (SSSR count). The summed E-state index contributed by atoms with van der Waals surface area (Å²) >= 11 is 3.34. The average Bonchev–Trinajstić information content (AvgIpc) is 2.37. The first kappa shape index (κ1) is 15.8. The van der Waals surface area contributed by atoms with E-state index in [1.165, 1.54) is 6.07 Å². The summed E-state index contributed by atoms with van der Waals surface area (Å²) in [5.41, 5.74) is 0.100. The molecule has 0 amide bonds. The number of ketones is 1. The van der Waals surface area contributed by atoms with Gasteiger partial charge in [-0.05, 0) is 24.6 Å². The summed E-state index contributed by atoms with van der Waals surface area (Å²) in [4.78, 5) is 12.5. The van der Waals surface area contributed by atoms with Crippen LogP contribution in [0.15, 0.2) is 18.2 Å². The standard InChI is InChI=1S/C14H15F3OS2/c1-8-7-10(14(15,16)17)3-4-11(8)12(18)13-9(2)19-5-6-20-13/h3-4,7,9,13H,5-6H2,1-2H3. The number of Topliss-reactive ketones (excluding diaryl/α,β-unsaturated/α-hetero) is 1. The summed E-state index contributed by atoms with van der Waals surface area (Å²) in [5, 5.41) is 0.0344. The molecule has 6 heteroatoms. The van der Waals surface area contributed by atoms with Gasteiger partial charge < -0.3 is 0 Å². The highest BCUT2D eigenvalue weighted by atomic mass is 32.2. The minimum Gasteiger partial charge on any atom is -0.293 e. The lowest BCUT2D eigenvalue weighted by molar-refractivity contribution is -0.137. The Hall–Kier alpha value is -0.620. The van der Waals surface area contributed by atoms with Crippen molar-refractivity contribution in [2.75, 3.05) is 11.5 Å². The van der Waals surface area contributed by atoms with Crippen LogP contribution < -0.4 is 0 Å². The van der Waals surface area contributed by atoms with Gasteiger partial charge in [-0.1, -0.05) is 13.0 Å². The second-order valence-corrected chi connectivity index (χ2v) is 7.49. The summed E-state index contributed by atoms with van der Waals surface area (Å²) in [6, 6.07) is 3.36. The molecule has 1 heterocycles. The van der Waals surface area contributed by atoms with Crippen LogP contribution in [-0.4, -0.2) is 27.8 Å². The van der Waals surface area contributed by atoms with E-state index in [4.69, 9.17) is 0 Å². The maximum absolute atomic E-state index is 12.6. The molecule has 1 nitrogen and oxygen atoms in total. The second kappa shape index (κ2) is 6.02. The Balaban J connectivity index is 2.26. The second-order valence-electron chi connectivity index (χ2n) is 4.76. The van der Waals surface area contributed by atoms with E-state index >= 15 is 0 Å². The lowest BCUT2D eigenvalue weighted by atomic mass is 9.99. The molecule has 110 valence electrons. The van der Waals surface area contributed by atoms with E-state index < -0.39 is 11.7 Å². The van der Waals surface area contributed by atoms with Crippen LogP contribution in [0.3, 0.4) is 0 Å². The number of hydrogen-bond acceptors (Lipinski definition) is 3. The van der Waals surface area contributed by atoms with Gasteiger partial charge in [0, 0.05) is 22.3 Å². The SMILES string of the molecule is Cc1cc(C(F)(F)F)ccc1C(=O)C1SCCSC1C. The third-order valence-electron chi connectivity index (χ3n) is 3.27. The number of hydrogen-bond donors (Lipinski definition) is 0. The van der Waals surface area contributed by atoms with Crippen molar-refractivity contribution >= 4 is 29.3 Å². The molecule has 20 heavy (non-hydrogen) atoms. The zero-order chi connectivity index (χ0) is 14.9. The molecule has 0 radical (unpaired) electrons. The summed E-state index contributed by atoms with van der Waals surface area (Å²) < 4.78 is 37.9. The van der Waals surface area contributed by atoms with Gasteiger partial charge in [-0.2, -0.15) is 24.9 Å². The van der Waals surface area contributed by atoms with E-state index in [0.29, 0.717) is 11.1 Å². The fourth-order valence-electron chi connectivity index (χ4n) is 2.19. The lowest BCUT2D eigenvalue weighted by Gasteiger charge is -2.27. The summed E-state index contributed by atoms with van der Waals surface area (Å²) in [5.74, 6) is 1.87. The van der Waals surface area contributed by atoms with Gasteiger partial charge in [0.15, 0.2) is 5.78 Å². The highest BCUT2D eigenvalue weighted by molar-refractivity contribution is 8.07. The number of benzene rings is 1. The molecule has 0 aliphatic carbocycles. The van der Waals surface area contributed by atoms with Crippen molar-refractivity contribution in [2.24, 2.45) is 0 Å². The van der Waals surface area contributed by atoms with Gasteiger partial charge in [-0.25, -0.2) is 0 Å². The minimum atomic E-state index is -4.37. The Labute approximate surface area is 124 Å². The third-order valence-corrected chi connectivity index (χ3v) is 6.36. The van der Waals surface area contributed by atoms with Crippen molar-refractivity contribution in [1.29, 1.82) is 0 Å². The molecule has 0 saturated carbocycles. The smallest absolute Gasteiger partial charge is 0.293 e. The van der Waals surface area contributed by atoms with Crippen molar-refractivity contribution in [1.82, 2.24) is 0 Å². The Kier molecular flexibility index (Phi) is 4.74. The molecule has 0 aromatic heterocycles. The van der Waals surface area contributed by atoms with Crippen LogP contribution in [-0.2, 0) is 6.18 Å². The molecule has 2 unspecified atom stereocenters. The maximum atomic E-state index is 12.6. The number of rotatable bonds is 2. The number of carbonyl (C=O) groups is 1. The molecule has 0 bridgehead atoms. The van der Waals surface area contributed by atoms with Crippen molar-refractivity contribution in [3.63, 3.8) is 0 Å². The van der Waals surface area contributed by atoms with Crippen LogP contribution >= 0.6 is 23.5 Å². The summed E-state index contributed by atoms with van der Waals surface area (Å²) in [6.45, 7) is 3.56. The fourth-order valence-corrected chi connectivity index (χ4v) is 4.91. The van der Waals surface area contributed by atoms with E-state index in [2.05, 4.69) is 0 Å². The quantitative estimate of drug-likeness (QED) is 0.750. The van der Waals surface area contributed by atoms with E-state index in [1.807, 2.05) is 6.92 Å². The number of thioether (sulfide) groups is 2. The highest BCUT2D eigenvalue weighted by Crippen LogP contribution is 2.35. The van der Waals surface area contributed by atoms with Crippen LogP contribution in [0.4, 0.5) is 13.2 Å². The molecule has 1 aromatic rings. The van der Waals surface area contributed by atoms with Crippen molar-refractivity contribution in [3.05, 3.63) is 34.9 Å². The summed E-state index contributed by atoms with van der Waals surface area (Å²) in [7, 11) is 0. The minimum absolute atomic E-state index is 0.0547. The van der Waals surface area contributed by atoms with Gasteiger partial charge in [-0.15, -0.1) is 11.8 Å². The molecule has 1 aliphatic rings. The van der Waals surface area contributed by atoms with Crippen LogP contribution in [0.5, 0.6) is 0 Å². The Morgan fingerprint density at radius 3 is 2.45 bits per heavy atom. The van der Waals surface area contributed by atoms with Crippen LogP contribution in [0, 0.1) is 6.92 Å². The first-order chi connectivity index (χ1) is 9.30. The van der Waals surface area contributed by atoms with E-state index in [1.54, 1.807) is 30.4 Å². The van der Waals surface area contributed by atoms with Crippen molar-refractivity contribution in [3.8, 4) is 0 Å². The van der Waals surface area contributed by atoms with E-state index in [0.717, 1.165) is 23.6 Å². The summed E-state index contributed by atoms with van der Waals surface area (Å²) in [6.07, 6.45) is -4.37. The predicted molar refractivity (Wildman–Crippen MR) is 78.7 cm³/mol. The number of halogens is 3. The predicted octanol–water partition coefficient (Wildman–Crippen LogP) is 4.43. The first-order valence-corrected chi connectivity index (χ1v) is 8.35. The van der Waals surface area contributed by atoms with Crippen LogP contribution in [0.2, 0.25) is 0 Å². The molecule has 1 saturated heterocycles. The normalized spacial score (nSPS) is 23.6. The monoisotopic (exact) mass is 320 g/mol. The Morgan fingerprint density at radius 1 is 1.25 bits per heavy atom. The fraction of sp³-hybridized carbons (Fsp3) is 0.500. The topological polar surface area (TPSA) is 17.1 Å². The largest absolute Gasteiger partial charge is 0.416 e. The van der Waals surface area contributed by atoms with E-state index in [9.17, 15) is 18.0 Å². The van der Waals surface area contributed by atoms with Crippen molar-refractivity contribution < 1.29 is 18.0 Å². The molecule has 0 N–H and O–H groups in total. The lowest BCUT2D eigenvalue weighted by Crippen LogP contribution is -2.31. The van der Waals surface area contributed by atoms with E-state index in [-0.39, 0.29) is 16.3 Å². The molecule has 1 aromatic carbocycles. The van der Waals surface area contributed by atoms with Crippen molar-refractivity contribution in [2.45, 2.75) is 30.5 Å². The zero-order valence-corrected chi connectivity index (χ0v) is 12.8. The zero-order valence-electron chi connectivity index (χ0n) is 11.2. The first-order valence-electron chi connectivity index (χ1n) is 6.26. The van der Waals surface area contributed by atoms with Gasteiger partial charge in [0.2, 0.25) is 0 Å². The molecule has 1 aliphatic heterocycles. The van der Waals surface area contributed by atoms with Gasteiger partial charge in [0.25, 0.3) is 0 Å². The Morgan fingerprint density at radius 2 is 1.90 bits per heavy atom. The molecule has 2 atom stereocenters. The van der Waals surface area contributed by atoms with Crippen LogP contribution in [0.25, 0.3) is 0 Å². The van der Waals surface area contributed by atoms with Gasteiger partial charge in [0.05, 0.1) is 10.8 Å². The number of carbonyl (C=O) groups excluding carboxylic acids is 1. The Bertz CT molecular complexity index is 514. The highest BCUT2D eigenvalue weighted by Gasteiger charge is 2.33. The van der Waals surface area contributed by atoms with Gasteiger partial charge >= 0.3 is 6.18 Å². The molecule has 0 spiro atoms. The number of aryl methyl sites for hydroxylation is 1.